The monoisotopic (exact) mass is 284 g/mol. The van der Waals surface area contributed by atoms with Gasteiger partial charge < -0.3 is 15.6 Å². The molecule has 0 saturated carbocycles. The van der Waals surface area contributed by atoms with Gasteiger partial charge in [-0.05, 0) is 23.8 Å². The van der Waals surface area contributed by atoms with E-state index in [1.54, 1.807) is 6.07 Å². The summed E-state index contributed by atoms with van der Waals surface area (Å²) < 4.78 is 18.7. The second kappa shape index (κ2) is 6.38. The van der Waals surface area contributed by atoms with Gasteiger partial charge in [-0.15, -0.1) is 0 Å². The zero-order chi connectivity index (χ0) is 13.8. The van der Waals surface area contributed by atoms with E-state index < -0.39 is 0 Å². The molecule has 0 bridgehead atoms. The lowest BCUT2D eigenvalue weighted by Crippen LogP contribution is -2.47. The van der Waals surface area contributed by atoms with Gasteiger partial charge in [0, 0.05) is 18.7 Å². The van der Waals surface area contributed by atoms with E-state index in [-0.39, 0.29) is 23.5 Å². The van der Waals surface area contributed by atoms with E-state index in [0.717, 1.165) is 5.56 Å². The molecule has 1 aliphatic heterocycles. The number of thiocarbonyl (C=S) groups is 1. The molecule has 1 heterocycles. The van der Waals surface area contributed by atoms with E-state index in [4.69, 9.17) is 22.7 Å². The lowest BCUT2D eigenvalue weighted by molar-refractivity contribution is -0.0313. The predicted molar refractivity (Wildman–Crippen MR) is 74.4 cm³/mol. The van der Waals surface area contributed by atoms with Gasteiger partial charge in [0.05, 0.1) is 25.9 Å². The molecule has 104 valence electrons. The van der Waals surface area contributed by atoms with Crippen LogP contribution in [0.5, 0.6) is 0 Å². The van der Waals surface area contributed by atoms with Crippen molar-refractivity contribution in [2.24, 2.45) is 5.73 Å². The summed E-state index contributed by atoms with van der Waals surface area (Å²) in [5, 5.41) is 9.33. The number of benzene rings is 1. The van der Waals surface area contributed by atoms with Crippen molar-refractivity contribution in [2.45, 2.75) is 12.6 Å². The summed E-state index contributed by atoms with van der Waals surface area (Å²) in [5.74, 6) is -0.316. The van der Waals surface area contributed by atoms with E-state index in [2.05, 4.69) is 4.90 Å². The molecule has 1 aromatic rings. The smallest absolute Gasteiger partial charge is 0.123 e. The number of rotatable bonds is 4. The molecular weight excluding hydrogens is 267 g/mol. The highest BCUT2D eigenvalue weighted by molar-refractivity contribution is 7.80. The Morgan fingerprint density at radius 1 is 1.58 bits per heavy atom. The summed E-state index contributed by atoms with van der Waals surface area (Å²) in [7, 11) is 0. The number of nitrogens with two attached hydrogens (primary N) is 1. The standard InChI is InChI=1S/C13H17FN2O2S/c14-10-1-2-12(13(15)19)9(5-10)6-16-3-4-18-8-11(16)7-17/h1-2,5,11,17H,3-4,6-8H2,(H2,15,19). The van der Waals surface area contributed by atoms with Gasteiger partial charge in [0.1, 0.15) is 10.8 Å². The molecule has 1 fully saturated rings. The minimum Gasteiger partial charge on any atom is -0.395 e. The van der Waals surface area contributed by atoms with Gasteiger partial charge in [-0.25, -0.2) is 4.39 Å². The molecule has 0 aromatic heterocycles. The zero-order valence-electron chi connectivity index (χ0n) is 10.5. The number of nitrogens with zero attached hydrogens (tertiary/aromatic N) is 1. The number of aliphatic hydroxyl groups excluding tert-OH is 1. The fourth-order valence-corrected chi connectivity index (χ4v) is 2.42. The topological polar surface area (TPSA) is 58.7 Å². The first kappa shape index (κ1) is 14.3. The van der Waals surface area contributed by atoms with E-state index in [1.165, 1.54) is 12.1 Å². The average molecular weight is 284 g/mol. The summed E-state index contributed by atoms with van der Waals surface area (Å²) in [6, 6.07) is 4.32. The Bertz CT molecular complexity index is 470. The highest BCUT2D eigenvalue weighted by atomic mass is 32.1. The second-order valence-corrected chi connectivity index (χ2v) is 4.99. The molecule has 0 aliphatic carbocycles. The predicted octanol–water partition coefficient (Wildman–Crippen LogP) is 0.653. The molecule has 2 rings (SSSR count). The Balaban J connectivity index is 2.21. The quantitative estimate of drug-likeness (QED) is 0.795. The maximum Gasteiger partial charge on any atom is 0.123 e. The Kier molecular flexibility index (Phi) is 4.81. The van der Waals surface area contributed by atoms with Crippen LogP contribution in [0, 0.1) is 5.82 Å². The van der Waals surface area contributed by atoms with Crippen molar-refractivity contribution < 1.29 is 14.2 Å². The maximum absolute atomic E-state index is 13.4. The van der Waals surface area contributed by atoms with E-state index in [9.17, 15) is 9.50 Å². The molecule has 1 atom stereocenters. The van der Waals surface area contributed by atoms with Crippen molar-refractivity contribution in [1.29, 1.82) is 0 Å². The van der Waals surface area contributed by atoms with Crippen LogP contribution in [-0.2, 0) is 11.3 Å². The largest absolute Gasteiger partial charge is 0.395 e. The highest BCUT2D eigenvalue weighted by Crippen LogP contribution is 2.17. The van der Waals surface area contributed by atoms with Crippen LogP contribution >= 0.6 is 12.2 Å². The fourth-order valence-electron chi connectivity index (χ4n) is 2.22. The molecule has 1 saturated heterocycles. The molecule has 1 aromatic carbocycles. The van der Waals surface area contributed by atoms with Crippen LogP contribution in [0.2, 0.25) is 0 Å². The minimum atomic E-state index is -0.316. The van der Waals surface area contributed by atoms with Crippen LogP contribution in [-0.4, -0.2) is 47.4 Å². The summed E-state index contributed by atoms with van der Waals surface area (Å²) in [6.45, 7) is 2.29. The number of hydrogen-bond donors (Lipinski definition) is 2. The number of morpholine rings is 1. The van der Waals surface area contributed by atoms with Crippen LogP contribution in [0.15, 0.2) is 18.2 Å². The molecule has 1 unspecified atom stereocenters. The lowest BCUT2D eigenvalue weighted by atomic mass is 10.1. The molecule has 19 heavy (non-hydrogen) atoms. The van der Waals surface area contributed by atoms with Gasteiger partial charge >= 0.3 is 0 Å². The third-order valence-corrected chi connectivity index (χ3v) is 3.49. The second-order valence-electron chi connectivity index (χ2n) is 4.55. The van der Waals surface area contributed by atoms with E-state index >= 15 is 0 Å². The summed E-state index contributed by atoms with van der Waals surface area (Å²) in [4.78, 5) is 2.31. The van der Waals surface area contributed by atoms with E-state index in [0.29, 0.717) is 31.9 Å². The highest BCUT2D eigenvalue weighted by Gasteiger charge is 2.23. The van der Waals surface area contributed by atoms with Gasteiger partial charge in [0.2, 0.25) is 0 Å². The maximum atomic E-state index is 13.4. The first-order valence-electron chi connectivity index (χ1n) is 6.12. The molecule has 0 amide bonds. The summed E-state index contributed by atoms with van der Waals surface area (Å²) in [6.07, 6.45) is 0. The van der Waals surface area contributed by atoms with Gasteiger partial charge in [0.25, 0.3) is 0 Å². The summed E-state index contributed by atoms with van der Waals surface area (Å²) in [5.41, 5.74) is 7.08. The Hall–Kier alpha value is -1.08. The van der Waals surface area contributed by atoms with Crippen LogP contribution < -0.4 is 5.73 Å². The van der Waals surface area contributed by atoms with Crippen LogP contribution in [0.25, 0.3) is 0 Å². The summed E-state index contributed by atoms with van der Waals surface area (Å²) >= 11 is 4.98. The molecule has 0 radical (unpaired) electrons. The average Bonchev–Trinajstić information content (AvgIpc) is 2.39. The van der Waals surface area contributed by atoms with Crippen LogP contribution in [0.1, 0.15) is 11.1 Å². The molecular formula is C13H17FN2O2S. The molecule has 1 aliphatic rings. The van der Waals surface area contributed by atoms with Crippen LogP contribution in [0.3, 0.4) is 0 Å². The number of hydrogen-bond acceptors (Lipinski definition) is 4. The first-order valence-corrected chi connectivity index (χ1v) is 6.53. The normalized spacial score (nSPS) is 20.4. The Morgan fingerprint density at radius 3 is 3.05 bits per heavy atom. The van der Waals surface area contributed by atoms with Gasteiger partial charge in [-0.1, -0.05) is 12.2 Å². The molecule has 4 nitrogen and oxygen atoms in total. The van der Waals surface area contributed by atoms with Crippen molar-refractivity contribution in [3.8, 4) is 0 Å². The van der Waals surface area contributed by atoms with Crippen molar-refractivity contribution in [2.75, 3.05) is 26.4 Å². The van der Waals surface area contributed by atoms with Crippen molar-refractivity contribution in [3.63, 3.8) is 0 Å². The van der Waals surface area contributed by atoms with Crippen molar-refractivity contribution in [3.05, 3.63) is 35.1 Å². The van der Waals surface area contributed by atoms with Gasteiger partial charge in [0.15, 0.2) is 0 Å². The van der Waals surface area contributed by atoms with Crippen LogP contribution in [0.4, 0.5) is 4.39 Å². The molecule has 0 spiro atoms. The minimum absolute atomic E-state index is 0.0116. The first-order chi connectivity index (χ1) is 9.11. The Morgan fingerprint density at radius 2 is 2.37 bits per heavy atom. The lowest BCUT2D eigenvalue weighted by Gasteiger charge is -2.34. The third-order valence-electron chi connectivity index (χ3n) is 3.27. The number of halogens is 1. The molecule has 3 N–H and O–H groups in total. The number of aliphatic hydroxyl groups is 1. The van der Waals surface area contributed by atoms with Gasteiger partial charge in [-0.2, -0.15) is 0 Å². The van der Waals surface area contributed by atoms with Crippen molar-refractivity contribution >= 4 is 17.2 Å². The number of ether oxygens (including phenoxy) is 1. The van der Waals surface area contributed by atoms with Gasteiger partial charge in [-0.3, -0.25) is 4.90 Å². The Labute approximate surface area is 117 Å². The third kappa shape index (κ3) is 3.48. The SMILES string of the molecule is NC(=S)c1ccc(F)cc1CN1CCOCC1CO. The fraction of sp³-hybridized carbons (Fsp3) is 0.462. The van der Waals surface area contributed by atoms with E-state index in [1.807, 2.05) is 0 Å². The van der Waals surface area contributed by atoms with Crippen molar-refractivity contribution in [1.82, 2.24) is 4.90 Å². The molecule has 6 heteroatoms. The zero-order valence-corrected chi connectivity index (χ0v) is 11.3.